The molecule has 2 N–H and O–H groups in total. The van der Waals surface area contributed by atoms with E-state index in [0.29, 0.717) is 11.6 Å². The summed E-state index contributed by atoms with van der Waals surface area (Å²) in [5, 5.41) is 6.49. The van der Waals surface area contributed by atoms with Crippen LogP contribution >= 0.6 is 0 Å². The summed E-state index contributed by atoms with van der Waals surface area (Å²) in [7, 11) is 1.62. The molecule has 0 radical (unpaired) electrons. The number of nitrogens with one attached hydrogen (secondary N) is 2. The summed E-state index contributed by atoms with van der Waals surface area (Å²) in [5.41, 5.74) is -0.0296. The number of carbonyl (C=O) groups is 1. The molecule has 1 amide bonds. The van der Waals surface area contributed by atoms with Crippen molar-refractivity contribution < 1.29 is 4.79 Å². The smallest absolute Gasteiger partial charge is 0.271 e. The van der Waals surface area contributed by atoms with Gasteiger partial charge in [-0.1, -0.05) is 6.42 Å². The summed E-state index contributed by atoms with van der Waals surface area (Å²) in [5.74, 6) is 0.329. The summed E-state index contributed by atoms with van der Waals surface area (Å²) in [6, 6.07) is 0. The molecule has 6 nitrogen and oxygen atoms in total. The van der Waals surface area contributed by atoms with Gasteiger partial charge in [-0.25, -0.2) is 4.98 Å². The molecule has 102 valence electrons. The Bertz CT molecular complexity index is 556. The van der Waals surface area contributed by atoms with Crippen molar-refractivity contribution in [2.45, 2.75) is 24.8 Å². The van der Waals surface area contributed by atoms with Gasteiger partial charge < -0.3 is 15.2 Å². The first-order chi connectivity index (χ1) is 9.11. The minimum atomic E-state index is -0.212. The molecule has 0 bridgehead atoms. The average molecular weight is 262 g/mol. The van der Waals surface area contributed by atoms with E-state index in [0.717, 1.165) is 32.4 Å². The fraction of sp³-hybridized carbons (Fsp3) is 0.615. The second-order valence-corrected chi connectivity index (χ2v) is 5.55. The summed E-state index contributed by atoms with van der Waals surface area (Å²) in [6.45, 7) is 1.80. The Morgan fingerprint density at radius 3 is 3.26 bits per heavy atom. The molecule has 3 rings (SSSR count). The number of aromatic nitrogens is 2. The molecule has 6 heteroatoms. The Kier molecular flexibility index (Phi) is 2.89. The maximum atomic E-state index is 12.3. The Morgan fingerprint density at radius 1 is 1.63 bits per heavy atom. The van der Waals surface area contributed by atoms with Crippen molar-refractivity contribution in [3.63, 3.8) is 0 Å². The number of fused-ring (bicyclic) bond motifs is 1. The quantitative estimate of drug-likeness (QED) is 0.764. The van der Waals surface area contributed by atoms with Gasteiger partial charge in [0.1, 0.15) is 5.69 Å². The Balaban J connectivity index is 1.81. The standard InChI is InChI=1S/C13H18N4O2/c1-17-7-10(15-6-11(17)18)12(19)16-13-4-2-3-9(13)5-14-8-13/h6-7,9,14H,2-5,8H2,1H3,(H,16,19)/t9-,13-/m0/s1. The monoisotopic (exact) mass is 262 g/mol. The summed E-state index contributed by atoms with van der Waals surface area (Å²) >= 11 is 0. The molecule has 0 aromatic carbocycles. The first-order valence-electron chi connectivity index (χ1n) is 6.67. The van der Waals surface area contributed by atoms with Crippen molar-refractivity contribution >= 4 is 5.91 Å². The van der Waals surface area contributed by atoms with Crippen LogP contribution < -0.4 is 16.2 Å². The molecule has 2 atom stereocenters. The lowest BCUT2D eigenvalue weighted by molar-refractivity contribution is 0.0887. The number of carbonyl (C=O) groups excluding carboxylic acids is 1. The van der Waals surface area contributed by atoms with Crippen molar-refractivity contribution in [1.29, 1.82) is 0 Å². The van der Waals surface area contributed by atoms with Crippen molar-refractivity contribution in [3.05, 3.63) is 28.4 Å². The summed E-state index contributed by atoms with van der Waals surface area (Å²) < 4.78 is 1.37. The zero-order valence-electron chi connectivity index (χ0n) is 11.0. The van der Waals surface area contributed by atoms with Crippen LogP contribution in [0.1, 0.15) is 29.8 Å². The molecule has 2 heterocycles. The molecule has 0 spiro atoms. The maximum Gasteiger partial charge on any atom is 0.271 e. The highest BCUT2D eigenvalue weighted by atomic mass is 16.2. The van der Waals surface area contributed by atoms with Gasteiger partial charge in [-0.15, -0.1) is 0 Å². The molecule has 2 fully saturated rings. The lowest BCUT2D eigenvalue weighted by atomic mass is 9.90. The minimum Gasteiger partial charge on any atom is -0.344 e. The predicted molar refractivity (Wildman–Crippen MR) is 69.9 cm³/mol. The van der Waals surface area contributed by atoms with Crippen LogP contribution in [0, 0.1) is 5.92 Å². The zero-order valence-corrected chi connectivity index (χ0v) is 11.0. The minimum absolute atomic E-state index is 0.118. The van der Waals surface area contributed by atoms with Crippen LogP contribution in [0.5, 0.6) is 0 Å². The molecule has 19 heavy (non-hydrogen) atoms. The molecule has 1 aliphatic carbocycles. The van der Waals surface area contributed by atoms with Crippen LogP contribution in [0.4, 0.5) is 0 Å². The van der Waals surface area contributed by atoms with Crippen LogP contribution in [0.2, 0.25) is 0 Å². The van der Waals surface area contributed by atoms with Crippen LogP contribution in [0.3, 0.4) is 0 Å². The van der Waals surface area contributed by atoms with Crippen molar-refractivity contribution in [1.82, 2.24) is 20.2 Å². The van der Waals surface area contributed by atoms with Gasteiger partial charge in [0.05, 0.1) is 11.7 Å². The van der Waals surface area contributed by atoms with Gasteiger partial charge in [-0.2, -0.15) is 0 Å². The Labute approximate surface area is 111 Å². The van der Waals surface area contributed by atoms with Gasteiger partial charge in [0, 0.05) is 26.3 Å². The number of rotatable bonds is 2. The van der Waals surface area contributed by atoms with Gasteiger partial charge >= 0.3 is 0 Å². The van der Waals surface area contributed by atoms with Crippen LogP contribution in [0.15, 0.2) is 17.2 Å². The molecular weight excluding hydrogens is 244 g/mol. The highest BCUT2D eigenvalue weighted by molar-refractivity contribution is 5.92. The third kappa shape index (κ3) is 2.06. The lowest BCUT2D eigenvalue weighted by Crippen LogP contribution is -2.52. The Morgan fingerprint density at radius 2 is 2.47 bits per heavy atom. The van der Waals surface area contributed by atoms with Gasteiger partial charge in [-0.05, 0) is 18.8 Å². The van der Waals surface area contributed by atoms with Gasteiger partial charge in [-0.3, -0.25) is 9.59 Å². The Hall–Kier alpha value is -1.69. The second-order valence-electron chi connectivity index (χ2n) is 5.55. The third-order valence-electron chi connectivity index (χ3n) is 4.36. The largest absolute Gasteiger partial charge is 0.344 e. The SMILES string of the molecule is Cn1cc(C(=O)N[C@]23CCC[C@H]2CNC3)ncc1=O. The van der Waals surface area contributed by atoms with E-state index < -0.39 is 0 Å². The van der Waals surface area contributed by atoms with Crippen LogP contribution in [-0.2, 0) is 7.05 Å². The lowest BCUT2D eigenvalue weighted by Gasteiger charge is -2.29. The topological polar surface area (TPSA) is 76.0 Å². The van der Waals surface area contributed by atoms with Gasteiger partial charge in [0.25, 0.3) is 11.5 Å². The normalized spacial score (nSPS) is 29.2. The van der Waals surface area contributed by atoms with E-state index in [2.05, 4.69) is 15.6 Å². The molecule has 1 saturated carbocycles. The maximum absolute atomic E-state index is 12.3. The zero-order chi connectivity index (χ0) is 13.5. The fourth-order valence-electron chi connectivity index (χ4n) is 3.26. The number of hydrogen-bond acceptors (Lipinski definition) is 4. The number of aryl methyl sites for hydroxylation is 1. The van der Waals surface area contributed by atoms with Crippen LogP contribution in [0.25, 0.3) is 0 Å². The first kappa shape index (κ1) is 12.3. The predicted octanol–water partition coefficient (Wildman–Crippen LogP) is -0.348. The number of nitrogens with zero attached hydrogens (tertiary/aromatic N) is 2. The van der Waals surface area contributed by atoms with E-state index in [1.165, 1.54) is 17.0 Å². The molecule has 1 aliphatic heterocycles. The van der Waals surface area contributed by atoms with Gasteiger partial charge in [0.15, 0.2) is 0 Å². The van der Waals surface area contributed by atoms with E-state index in [4.69, 9.17) is 0 Å². The summed E-state index contributed by atoms with van der Waals surface area (Å²) in [6.07, 6.45) is 6.01. The van der Waals surface area contributed by atoms with E-state index in [1.807, 2.05) is 0 Å². The van der Waals surface area contributed by atoms with E-state index >= 15 is 0 Å². The molecule has 2 aliphatic rings. The highest BCUT2D eigenvalue weighted by Gasteiger charge is 2.47. The van der Waals surface area contributed by atoms with Crippen molar-refractivity contribution in [3.8, 4) is 0 Å². The number of hydrogen-bond donors (Lipinski definition) is 2. The molecule has 1 aromatic rings. The molecular formula is C13H18N4O2. The molecule has 1 saturated heterocycles. The number of amides is 1. The van der Waals surface area contributed by atoms with E-state index in [-0.39, 0.29) is 17.0 Å². The second kappa shape index (κ2) is 4.45. The highest BCUT2D eigenvalue weighted by Crippen LogP contribution is 2.38. The van der Waals surface area contributed by atoms with Crippen molar-refractivity contribution in [2.24, 2.45) is 13.0 Å². The van der Waals surface area contributed by atoms with Crippen molar-refractivity contribution in [2.75, 3.05) is 13.1 Å². The van der Waals surface area contributed by atoms with Crippen LogP contribution in [-0.4, -0.2) is 34.1 Å². The molecule has 0 unspecified atom stereocenters. The van der Waals surface area contributed by atoms with Gasteiger partial charge in [0.2, 0.25) is 0 Å². The third-order valence-corrected chi connectivity index (χ3v) is 4.36. The first-order valence-corrected chi connectivity index (χ1v) is 6.67. The fourth-order valence-corrected chi connectivity index (χ4v) is 3.26. The van der Waals surface area contributed by atoms with E-state index in [9.17, 15) is 9.59 Å². The summed E-state index contributed by atoms with van der Waals surface area (Å²) in [4.78, 5) is 27.5. The van der Waals surface area contributed by atoms with E-state index in [1.54, 1.807) is 7.05 Å². The molecule has 1 aromatic heterocycles. The average Bonchev–Trinajstić information content (AvgIpc) is 2.91.